The molecule has 0 N–H and O–H groups in total. The molecule has 0 unspecified atom stereocenters. The molecule has 0 radical (unpaired) electrons. The lowest BCUT2D eigenvalue weighted by molar-refractivity contribution is 0.0895. The van der Waals surface area contributed by atoms with Crippen molar-refractivity contribution < 1.29 is 37.9 Å². The summed E-state index contributed by atoms with van der Waals surface area (Å²) in [6, 6.07) is 0. The zero-order valence-corrected chi connectivity index (χ0v) is 36.7. The molecule has 0 saturated heterocycles. The quantitative estimate of drug-likeness (QED) is 0.140. The lowest BCUT2D eigenvalue weighted by Crippen LogP contribution is -2.23. The van der Waals surface area contributed by atoms with Crippen molar-refractivity contribution in [2.75, 3.05) is 50.2 Å². The first-order valence-corrected chi connectivity index (χ1v) is 23.5. The van der Waals surface area contributed by atoms with Gasteiger partial charge >= 0.3 is 0 Å². The first-order valence-electron chi connectivity index (χ1n) is 19.6. The van der Waals surface area contributed by atoms with E-state index in [9.17, 15) is 0 Å². The highest BCUT2D eigenvalue weighted by Gasteiger charge is 2.37. The molecule has 4 heterocycles. The average molecular weight is 833 g/mol. The van der Waals surface area contributed by atoms with Gasteiger partial charge in [-0.15, -0.1) is 47.0 Å². The summed E-state index contributed by atoms with van der Waals surface area (Å²) < 4.78 is 53.6. The summed E-state index contributed by atoms with van der Waals surface area (Å²) >= 11 is 7.02. The van der Waals surface area contributed by atoms with Crippen molar-refractivity contribution in [1.82, 2.24) is 0 Å². The second kappa shape index (κ2) is 15.5. The van der Waals surface area contributed by atoms with Crippen LogP contribution in [0, 0.1) is 27.7 Å². The molecule has 56 heavy (non-hydrogen) atoms. The molecular formula is C44H48O8S4. The summed E-state index contributed by atoms with van der Waals surface area (Å²) in [5.41, 5.74) is 14.1. The molecule has 4 aromatic carbocycles. The van der Waals surface area contributed by atoms with E-state index in [0.29, 0.717) is 25.7 Å². The zero-order chi connectivity index (χ0) is 38.8. The number of hydrogen-bond acceptors (Lipinski definition) is 12. The second-order valence-corrected chi connectivity index (χ2v) is 19.4. The predicted molar refractivity (Wildman–Crippen MR) is 226 cm³/mol. The predicted octanol–water partition coefficient (Wildman–Crippen LogP) is 11.0. The fourth-order valence-corrected chi connectivity index (χ4v) is 12.6. The van der Waals surface area contributed by atoms with Crippen LogP contribution in [0.4, 0.5) is 0 Å². The maximum atomic E-state index is 6.69. The van der Waals surface area contributed by atoms with Gasteiger partial charge in [0.05, 0.1) is 19.6 Å². The Balaban J connectivity index is 1.44. The molecule has 9 rings (SSSR count). The van der Waals surface area contributed by atoms with Crippen molar-refractivity contribution in [2.45, 2.75) is 101 Å². The zero-order valence-electron chi connectivity index (χ0n) is 33.4. The summed E-state index contributed by atoms with van der Waals surface area (Å²) in [6.07, 6.45) is 2.58. The molecule has 0 spiro atoms. The normalized spacial score (nSPS) is 15.6. The molecule has 4 aliphatic heterocycles. The Bertz CT molecular complexity index is 1840. The molecule has 5 aliphatic rings. The maximum Gasteiger partial charge on any atom is 0.231 e. The third-order valence-corrected chi connectivity index (χ3v) is 15.5. The second-order valence-electron chi connectivity index (χ2n) is 14.3. The Kier molecular flexibility index (Phi) is 10.5. The Morgan fingerprint density at radius 1 is 0.304 bits per heavy atom. The Morgan fingerprint density at radius 3 is 0.607 bits per heavy atom. The van der Waals surface area contributed by atoms with E-state index in [1.807, 2.05) is 0 Å². The minimum absolute atomic E-state index is 0.0648. The standard InChI is InChI=1S/C44H48O8S4/c1-9-53-41-33-25-13-27-22(6)29-15-31-24(8)32-16-30-23(7)28-14-26(21(25)5)34(41)46-18-48-36(28)43(55-11-3)38(30)50-20-52-40(32)44(56-12-4)39(31)51-19-49-37(29)42(54-10-2)35(27)47-17-45-33/h9-20H2,1-8H3. The fraction of sp³-hybridized carbons (Fsp3) is 0.455. The number of ether oxygens (including phenoxy) is 8. The monoisotopic (exact) mass is 832 g/mol. The highest BCUT2D eigenvalue weighted by Crippen LogP contribution is 2.57. The van der Waals surface area contributed by atoms with Crippen LogP contribution in [0.25, 0.3) is 0 Å². The highest BCUT2D eigenvalue weighted by molar-refractivity contribution is 8.00. The van der Waals surface area contributed by atoms with Crippen molar-refractivity contribution in [3.8, 4) is 46.0 Å². The van der Waals surface area contributed by atoms with Gasteiger partial charge in [-0.25, -0.2) is 0 Å². The van der Waals surface area contributed by atoms with E-state index in [1.54, 1.807) is 47.0 Å². The van der Waals surface area contributed by atoms with Crippen molar-refractivity contribution >= 4 is 47.0 Å². The van der Waals surface area contributed by atoms with Crippen LogP contribution in [-0.2, 0) is 25.7 Å². The molecule has 8 bridgehead atoms. The van der Waals surface area contributed by atoms with Crippen LogP contribution in [0.2, 0.25) is 0 Å². The van der Waals surface area contributed by atoms with Gasteiger partial charge in [-0.2, -0.15) is 0 Å². The van der Waals surface area contributed by atoms with E-state index in [2.05, 4.69) is 55.4 Å². The first-order chi connectivity index (χ1) is 27.3. The fourth-order valence-electron chi connectivity index (χ4n) is 8.92. The van der Waals surface area contributed by atoms with Crippen LogP contribution in [0.3, 0.4) is 0 Å². The summed E-state index contributed by atoms with van der Waals surface area (Å²) in [6.45, 7) is 17.9. The number of benzene rings is 4. The molecule has 0 atom stereocenters. The smallest absolute Gasteiger partial charge is 0.231 e. The van der Waals surface area contributed by atoms with Crippen LogP contribution in [0.1, 0.15) is 94.5 Å². The minimum atomic E-state index is 0.0648. The molecule has 0 saturated carbocycles. The molecule has 296 valence electrons. The summed E-state index contributed by atoms with van der Waals surface area (Å²) in [4.78, 5) is 4.02. The van der Waals surface area contributed by atoms with Gasteiger partial charge in [-0.1, -0.05) is 27.7 Å². The molecule has 0 fully saturated rings. The third kappa shape index (κ3) is 5.98. The van der Waals surface area contributed by atoms with E-state index < -0.39 is 0 Å². The highest BCUT2D eigenvalue weighted by atomic mass is 32.2. The van der Waals surface area contributed by atoms with E-state index in [1.165, 1.54) is 66.8 Å². The van der Waals surface area contributed by atoms with Crippen molar-refractivity contribution in [3.05, 3.63) is 66.8 Å². The lowest BCUT2D eigenvalue weighted by Gasteiger charge is -2.34. The molecule has 12 heteroatoms. The average Bonchev–Trinajstić information content (AvgIpc) is 3.14. The Morgan fingerprint density at radius 2 is 0.464 bits per heavy atom. The molecule has 8 nitrogen and oxygen atoms in total. The van der Waals surface area contributed by atoms with Crippen LogP contribution >= 0.6 is 47.0 Å². The van der Waals surface area contributed by atoms with Gasteiger partial charge in [-0.3, -0.25) is 0 Å². The molecule has 0 amide bonds. The van der Waals surface area contributed by atoms with Gasteiger partial charge in [0.1, 0.15) is 46.0 Å². The van der Waals surface area contributed by atoms with Crippen LogP contribution in [0.5, 0.6) is 46.0 Å². The molecule has 1 aliphatic carbocycles. The van der Waals surface area contributed by atoms with Gasteiger partial charge < -0.3 is 37.9 Å². The van der Waals surface area contributed by atoms with Gasteiger partial charge in [-0.05, 0) is 73.0 Å². The van der Waals surface area contributed by atoms with Gasteiger partial charge in [0.25, 0.3) is 0 Å². The largest absolute Gasteiger partial charge is 0.456 e. The van der Waals surface area contributed by atoms with Crippen LogP contribution in [-0.4, -0.2) is 50.2 Å². The number of hydrogen-bond donors (Lipinski definition) is 0. The van der Waals surface area contributed by atoms with Crippen LogP contribution < -0.4 is 37.9 Å². The maximum absolute atomic E-state index is 6.69. The van der Waals surface area contributed by atoms with Gasteiger partial charge in [0.2, 0.25) is 27.2 Å². The molecule has 4 aromatic rings. The molecule has 0 aromatic heterocycles. The van der Waals surface area contributed by atoms with Gasteiger partial charge in [0, 0.05) is 70.2 Å². The number of thioether (sulfide) groups is 4. The summed E-state index contributed by atoms with van der Waals surface area (Å²) in [5, 5.41) is 0. The van der Waals surface area contributed by atoms with Gasteiger partial charge in [0.15, 0.2) is 0 Å². The topological polar surface area (TPSA) is 73.8 Å². The lowest BCUT2D eigenvalue weighted by atomic mass is 9.83. The Hall–Kier alpha value is -3.32. The Labute approximate surface area is 346 Å². The van der Waals surface area contributed by atoms with E-state index in [4.69, 9.17) is 37.9 Å². The van der Waals surface area contributed by atoms with E-state index in [-0.39, 0.29) is 27.2 Å². The summed E-state index contributed by atoms with van der Waals surface area (Å²) in [7, 11) is 0. The SMILES string of the molecule is CCSc1c2c3c(C)c4c1OCOc1c(c(C)c5c(c1SCC)OCOc1c(c(C)c6c(c1SCC)OCOc1c(c(C)c(c(c1SCC)OCO2)C3)C6)C5)C4. The van der Waals surface area contributed by atoms with Crippen molar-refractivity contribution in [3.63, 3.8) is 0 Å². The first kappa shape index (κ1) is 38.2. The van der Waals surface area contributed by atoms with Crippen molar-refractivity contribution in [1.29, 1.82) is 0 Å². The summed E-state index contributed by atoms with van der Waals surface area (Å²) in [5.74, 6) is 10.1. The van der Waals surface area contributed by atoms with Crippen molar-refractivity contribution in [2.24, 2.45) is 0 Å². The third-order valence-electron chi connectivity index (χ3n) is 11.7. The minimum Gasteiger partial charge on any atom is -0.456 e. The van der Waals surface area contributed by atoms with E-state index in [0.717, 1.165) is 88.6 Å². The van der Waals surface area contributed by atoms with E-state index >= 15 is 0 Å². The molecular weight excluding hydrogens is 785 g/mol. The number of rotatable bonds is 8. The van der Waals surface area contributed by atoms with Crippen LogP contribution in [0.15, 0.2) is 19.6 Å².